The van der Waals surface area contributed by atoms with Crippen molar-refractivity contribution in [3.05, 3.63) is 84.6 Å². The van der Waals surface area contributed by atoms with E-state index in [9.17, 15) is 0 Å². The molecule has 0 atom stereocenters. The highest BCUT2D eigenvalue weighted by Crippen LogP contribution is 2.32. The van der Waals surface area contributed by atoms with Crippen LogP contribution in [0.4, 0.5) is 5.69 Å². The molecule has 1 aromatic heterocycles. The Balaban J connectivity index is 1.44. The smallest absolute Gasteiger partial charge is 0.220 e. The van der Waals surface area contributed by atoms with Gasteiger partial charge >= 0.3 is 0 Å². The number of aromatic nitrogens is 1. The standard InChI is InChI=1S/C21H14N2O2/c1-2-7-15-14(6-1)12-13-18-21(15)23-20(25-18)11-5-10-19-22-16-8-3-4-9-17(16)24-19/h1-13,22H. The minimum absolute atomic E-state index is 0.568. The van der Waals surface area contributed by atoms with Crippen LogP contribution in [0.3, 0.4) is 0 Å². The van der Waals surface area contributed by atoms with Crippen LogP contribution in [0.25, 0.3) is 27.9 Å². The Morgan fingerprint density at radius 2 is 1.80 bits per heavy atom. The summed E-state index contributed by atoms with van der Waals surface area (Å²) >= 11 is 0. The largest absolute Gasteiger partial charge is 0.439 e. The minimum atomic E-state index is 0.568. The molecule has 4 nitrogen and oxygen atoms in total. The average Bonchev–Trinajstić information content (AvgIpc) is 3.25. The van der Waals surface area contributed by atoms with Crippen LogP contribution in [0, 0.1) is 0 Å². The van der Waals surface area contributed by atoms with Crippen molar-refractivity contribution in [1.29, 1.82) is 0 Å². The van der Waals surface area contributed by atoms with Gasteiger partial charge in [0.1, 0.15) is 5.52 Å². The van der Waals surface area contributed by atoms with Gasteiger partial charge < -0.3 is 14.5 Å². The van der Waals surface area contributed by atoms with Gasteiger partial charge in [0.2, 0.25) is 5.89 Å². The number of nitrogens with zero attached hydrogens (tertiary/aromatic N) is 1. The summed E-state index contributed by atoms with van der Waals surface area (Å²) in [5.74, 6) is 2.08. The lowest BCUT2D eigenvalue weighted by Crippen LogP contribution is -1.95. The van der Waals surface area contributed by atoms with Crippen molar-refractivity contribution in [2.45, 2.75) is 0 Å². The zero-order chi connectivity index (χ0) is 16.6. The number of fused-ring (bicyclic) bond motifs is 4. The fraction of sp³-hybridized carbons (Fsp3) is 0. The van der Waals surface area contributed by atoms with E-state index >= 15 is 0 Å². The lowest BCUT2D eigenvalue weighted by atomic mass is 10.1. The molecule has 0 amide bonds. The third-order valence-corrected chi connectivity index (χ3v) is 4.15. The van der Waals surface area contributed by atoms with Gasteiger partial charge in [-0.2, -0.15) is 0 Å². The minimum Gasteiger partial charge on any atom is -0.439 e. The van der Waals surface area contributed by atoms with Gasteiger partial charge in [-0.15, -0.1) is 0 Å². The molecule has 0 saturated carbocycles. The fourth-order valence-corrected chi connectivity index (χ4v) is 2.98. The van der Waals surface area contributed by atoms with Crippen LogP contribution >= 0.6 is 0 Å². The molecule has 4 aromatic rings. The van der Waals surface area contributed by atoms with Crippen molar-refractivity contribution in [3.8, 4) is 5.75 Å². The van der Waals surface area contributed by atoms with Gasteiger partial charge in [-0.3, -0.25) is 0 Å². The monoisotopic (exact) mass is 326 g/mol. The maximum Gasteiger partial charge on any atom is 0.220 e. The van der Waals surface area contributed by atoms with E-state index in [1.807, 2.05) is 66.8 Å². The molecule has 0 spiro atoms. The van der Waals surface area contributed by atoms with Gasteiger partial charge in [-0.25, -0.2) is 4.98 Å². The van der Waals surface area contributed by atoms with E-state index in [-0.39, 0.29) is 0 Å². The summed E-state index contributed by atoms with van der Waals surface area (Å²) < 4.78 is 11.5. The molecule has 0 unspecified atom stereocenters. The second-order valence-electron chi connectivity index (χ2n) is 5.80. The number of nitrogens with one attached hydrogen (secondary N) is 1. The second kappa shape index (κ2) is 5.53. The third kappa shape index (κ3) is 2.44. The van der Waals surface area contributed by atoms with Gasteiger partial charge in [-0.1, -0.05) is 48.5 Å². The molecular weight excluding hydrogens is 312 g/mol. The molecule has 3 aromatic carbocycles. The summed E-state index contributed by atoms with van der Waals surface area (Å²) in [7, 11) is 0. The molecule has 25 heavy (non-hydrogen) atoms. The number of oxazole rings is 1. The van der Waals surface area contributed by atoms with Gasteiger partial charge in [-0.05, 0) is 29.7 Å². The van der Waals surface area contributed by atoms with Crippen molar-refractivity contribution in [1.82, 2.24) is 4.98 Å². The molecule has 0 saturated heterocycles. The van der Waals surface area contributed by atoms with Crippen LogP contribution in [-0.4, -0.2) is 4.98 Å². The van der Waals surface area contributed by atoms with Crippen molar-refractivity contribution < 1.29 is 9.15 Å². The highest BCUT2D eigenvalue weighted by atomic mass is 16.5. The van der Waals surface area contributed by atoms with E-state index < -0.39 is 0 Å². The maximum absolute atomic E-state index is 5.81. The quantitative estimate of drug-likeness (QED) is 0.540. The van der Waals surface area contributed by atoms with Gasteiger partial charge in [0.05, 0.1) is 5.69 Å². The molecule has 2 heterocycles. The lowest BCUT2D eigenvalue weighted by Gasteiger charge is -1.95. The first-order valence-electron chi connectivity index (χ1n) is 8.07. The Morgan fingerprint density at radius 3 is 2.76 bits per heavy atom. The number of anilines is 1. The summed E-state index contributed by atoms with van der Waals surface area (Å²) in [6.07, 6.45) is 5.55. The summed E-state index contributed by atoms with van der Waals surface area (Å²) in [6.45, 7) is 0. The van der Waals surface area contributed by atoms with Crippen molar-refractivity contribution in [2.75, 3.05) is 5.32 Å². The highest BCUT2D eigenvalue weighted by Gasteiger charge is 2.14. The van der Waals surface area contributed by atoms with Crippen LogP contribution in [-0.2, 0) is 0 Å². The van der Waals surface area contributed by atoms with E-state index in [1.165, 1.54) is 0 Å². The summed E-state index contributed by atoms with van der Waals surface area (Å²) in [5.41, 5.74) is 2.64. The summed E-state index contributed by atoms with van der Waals surface area (Å²) in [5, 5.41) is 5.46. The molecule has 0 aliphatic carbocycles. The van der Waals surface area contributed by atoms with Crippen LogP contribution in [0.15, 0.2) is 83.1 Å². The van der Waals surface area contributed by atoms with E-state index in [2.05, 4.69) is 22.4 Å². The number of allylic oxidation sites excluding steroid dienone is 2. The lowest BCUT2D eigenvalue weighted by molar-refractivity contribution is 0.457. The molecule has 1 aliphatic rings. The molecular formula is C21H14N2O2. The van der Waals surface area contributed by atoms with Crippen LogP contribution < -0.4 is 10.1 Å². The first kappa shape index (κ1) is 13.9. The molecule has 0 fully saturated rings. The zero-order valence-corrected chi connectivity index (χ0v) is 13.3. The first-order valence-corrected chi connectivity index (χ1v) is 8.07. The Kier molecular flexibility index (Phi) is 3.07. The molecule has 5 rings (SSSR count). The predicted octanol–water partition coefficient (Wildman–Crippen LogP) is 5.34. The number of para-hydroxylation sites is 2. The number of benzene rings is 3. The maximum atomic E-state index is 5.81. The number of hydrogen-bond donors (Lipinski definition) is 1. The van der Waals surface area contributed by atoms with Crippen molar-refractivity contribution in [3.63, 3.8) is 0 Å². The molecule has 0 bridgehead atoms. The van der Waals surface area contributed by atoms with Crippen LogP contribution in [0.2, 0.25) is 0 Å². The van der Waals surface area contributed by atoms with E-state index in [0.29, 0.717) is 11.8 Å². The number of rotatable bonds is 2. The molecule has 120 valence electrons. The Morgan fingerprint density at radius 1 is 0.920 bits per heavy atom. The van der Waals surface area contributed by atoms with Crippen molar-refractivity contribution >= 4 is 33.6 Å². The van der Waals surface area contributed by atoms with E-state index in [4.69, 9.17) is 9.15 Å². The van der Waals surface area contributed by atoms with E-state index in [1.54, 1.807) is 0 Å². The van der Waals surface area contributed by atoms with Gasteiger partial charge in [0.25, 0.3) is 0 Å². The summed E-state index contributed by atoms with van der Waals surface area (Å²) in [6, 6.07) is 20.0. The molecule has 0 radical (unpaired) electrons. The average molecular weight is 326 g/mol. The third-order valence-electron chi connectivity index (χ3n) is 4.15. The topological polar surface area (TPSA) is 47.3 Å². The van der Waals surface area contributed by atoms with Crippen LogP contribution in [0.5, 0.6) is 5.75 Å². The molecule has 1 aliphatic heterocycles. The Bertz CT molecular complexity index is 1130. The Labute approximate surface area is 144 Å². The number of ether oxygens (including phenoxy) is 1. The second-order valence-corrected chi connectivity index (χ2v) is 5.80. The molecule has 1 N–H and O–H groups in total. The number of hydrogen-bond acceptors (Lipinski definition) is 4. The van der Waals surface area contributed by atoms with E-state index in [0.717, 1.165) is 33.3 Å². The first-order chi connectivity index (χ1) is 12.4. The fourth-order valence-electron chi connectivity index (χ4n) is 2.98. The zero-order valence-electron chi connectivity index (χ0n) is 13.3. The SMILES string of the molecule is C(=Cc1nc2c(ccc3ccccc32)o1)C=C1Nc2ccccc2O1. The predicted molar refractivity (Wildman–Crippen MR) is 99.3 cm³/mol. The van der Waals surface area contributed by atoms with Crippen molar-refractivity contribution in [2.24, 2.45) is 0 Å². The molecule has 4 heteroatoms. The van der Waals surface area contributed by atoms with Crippen LogP contribution in [0.1, 0.15) is 5.89 Å². The Hall–Kier alpha value is -3.53. The summed E-state index contributed by atoms with van der Waals surface area (Å²) in [4.78, 5) is 4.60. The van der Waals surface area contributed by atoms with Gasteiger partial charge in [0.15, 0.2) is 17.2 Å². The highest BCUT2D eigenvalue weighted by molar-refractivity contribution is 6.03. The normalized spacial score (nSPS) is 15.0. The van der Waals surface area contributed by atoms with Gasteiger partial charge in [0, 0.05) is 11.5 Å².